The Morgan fingerprint density at radius 3 is 2.94 bits per heavy atom. The zero-order valence-electron chi connectivity index (χ0n) is 10.8. The van der Waals surface area contributed by atoms with Crippen LogP contribution in [0.1, 0.15) is 39.0 Å². The second kappa shape index (κ2) is 6.36. The molecule has 0 spiro atoms. The number of piperidine rings is 1. The molecule has 1 N–H and O–H groups in total. The molecule has 2 atom stereocenters. The average molecular weight is 240 g/mol. The lowest BCUT2D eigenvalue weighted by Crippen LogP contribution is -2.44. The van der Waals surface area contributed by atoms with Crippen LogP contribution < -0.4 is 5.32 Å². The van der Waals surface area contributed by atoms with Crippen LogP contribution >= 0.6 is 0 Å². The summed E-state index contributed by atoms with van der Waals surface area (Å²) in [5.74, 6) is 0.0761. The molecule has 2 heterocycles. The SMILES string of the molecule is C[C@@H]1CCCCN1CCNC(=O)[C@H]1CCCO1. The second-order valence-electron chi connectivity index (χ2n) is 5.17. The van der Waals surface area contributed by atoms with Gasteiger partial charge in [0.1, 0.15) is 6.10 Å². The normalized spacial score (nSPS) is 30.4. The predicted octanol–water partition coefficient (Wildman–Crippen LogP) is 1.16. The Morgan fingerprint density at radius 1 is 1.35 bits per heavy atom. The molecule has 2 fully saturated rings. The van der Waals surface area contributed by atoms with E-state index in [2.05, 4.69) is 17.1 Å². The van der Waals surface area contributed by atoms with Gasteiger partial charge in [-0.15, -0.1) is 0 Å². The summed E-state index contributed by atoms with van der Waals surface area (Å²) in [6.07, 6.45) is 5.64. The fourth-order valence-electron chi connectivity index (χ4n) is 2.71. The summed E-state index contributed by atoms with van der Waals surface area (Å²) in [6.45, 7) is 5.92. The Hall–Kier alpha value is -0.610. The first kappa shape index (κ1) is 12.8. The van der Waals surface area contributed by atoms with Crippen molar-refractivity contribution in [2.75, 3.05) is 26.2 Å². The number of nitrogens with zero attached hydrogens (tertiary/aromatic N) is 1. The molecule has 4 nitrogen and oxygen atoms in total. The van der Waals surface area contributed by atoms with Gasteiger partial charge < -0.3 is 10.1 Å². The smallest absolute Gasteiger partial charge is 0.249 e. The predicted molar refractivity (Wildman–Crippen MR) is 66.9 cm³/mol. The molecule has 17 heavy (non-hydrogen) atoms. The molecule has 2 aliphatic heterocycles. The van der Waals surface area contributed by atoms with Crippen molar-refractivity contribution < 1.29 is 9.53 Å². The van der Waals surface area contributed by atoms with E-state index in [1.807, 2.05) is 0 Å². The van der Waals surface area contributed by atoms with E-state index < -0.39 is 0 Å². The molecule has 2 rings (SSSR count). The third-order valence-electron chi connectivity index (χ3n) is 3.86. The van der Waals surface area contributed by atoms with E-state index in [9.17, 15) is 4.79 Å². The Kier molecular flexibility index (Phi) is 4.80. The van der Waals surface area contributed by atoms with E-state index >= 15 is 0 Å². The van der Waals surface area contributed by atoms with Crippen molar-refractivity contribution in [2.24, 2.45) is 0 Å². The Balaban J connectivity index is 1.63. The van der Waals surface area contributed by atoms with Gasteiger partial charge in [-0.05, 0) is 39.2 Å². The van der Waals surface area contributed by atoms with Crippen LogP contribution in [0.25, 0.3) is 0 Å². The largest absolute Gasteiger partial charge is 0.368 e. The summed E-state index contributed by atoms with van der Waals surface area (Å²) in [5, 5.41) is 2.99. The van der Waals surface area contributed by atoms with Crippen molar-refractivity contribution in [3.8, 4) is 0 Å². The van der Waals surface area contributed by atoms with Crippen molar-refractivity contribution >= 4 is 5.91 Å². The van der Waals surface area contributed by atoms with Gasteiger partial charge in [0.15, 0.2) is 0 Å². The van der Waals surface area contributed by atoms with Crippen LogP contribution in [0.5, 0.6) is 0 Å². The van der Waals surface area contributed by atoms with Crippen LogP contribution in [0.3, 0.4) is 0 Å². The summed E-state index contributed by atoms with van der Waals surface area (Å²) in [4.78, 5) is 14.2. The van der Waals surface area contributed by atoms with Gasteiger partial charge in [-0.2, -0.15) is 0 Å². The van der Waals surface area contributed by atoms with Crippen molar-refractivity contribution in [1.82, 2.24) is 10.2 Å². The Bertz CT molecular complexity index is 252. The van der Waals surface area contributed by atoms with Gasteiger partial charge in [-0.25, -0.2) is 0 Å². The van der Waals surface area contributed by atoms with E-state index in [0.717, 1.165) is 32.5 Å². The second-order valence-corrected chi connectivity index (χ2v) is 5.17. The number of ether oxygens (including phenoxy) is 1. The van der Waals surface area contributed by atoms with E-state index in [1.54, 1.807) is 0 Å². The van der Waals surface area contributed by atoms with E-state index in [-0.39, 0.29) is 12.0 Å². The summed E-state index contributed by atoms with van der Waals surface area (Å²) >= 11 is 0. The molecule has 2 saturated heterocycles. The van der Waals surface area contributed by atoms with Crippen molar-refractivity contribution in [3.05, 3.63) is 0 Å². The number of carbonyl (C=O) groups is 1. The van der Waals surface area contributed by atoms with Gasteiger partial charge in [-0.1, -0.05) is 6.42 Å². The zero-order chi connectivity index (χ0) is 12.1. The molecule has 98 valence electrons. The van der Waals surface area contributed by atoms with Gasteiger partial charge in [-0.3, -0.25) is 9.69 Å². The maximum absolute atomic E-state index is 11.7. The van der Waals surface area contributed by atoms with Gasteiger partial charge in [0.25, 0.3) is 0 Å². The topological polar surface area (TPSA) is 41.6 Å². The summed E-state index contributed by atoms with van der Waals surface area (Å²) < 4.78 is 5.35. The van der Waals surface area contributed by atoms with Gasteiger partial charge >= 0.3 is 0 Å². The first-order valence-corrected chi connectivity index (χ1v) is 6.91. The molecule has 0 unspecified atom stereocenters. The van der Waals surface area contributed by atoms with E-state index in [1.165, 1.54) is 25.8 Å². The number of carbonyl (C=O) groups excluding carboxylic acids is 1. The third kappa shape index (κ3) is 3.68. The van der Waals surface area contributed by atoms with Crippen LogP contribution in [0, 0.1) is 0 Å². The lowest BCUT2D eigenvalue weighted by molar-refractivity contribution is -0.130. The number of rotatable bonds is 4. The molecule has 0 aromatic heterocycles. The molecule has 0 aromatic carbocycles. The highest BCUT2D eigenvalue weighted by atomic mass is 16.5. The highest BCUT2D eigenvalue weighted by molar-refractivity contribution is 5.80. The average Bonchev–Trinajstić information content (AvgIpc) is 2.85. The number of nitrogens with one attached hydrogen (secondary N) is 1. The number of amides is 1. The quantitative estimate of drug-likeness (QED) is 0.801. The Labute approximate surface area is 104 Å². The molecule has 1 amide bonds. The minimum absolute atomic E-state index is 0.0761. The minimum atomic E-state index is -0.186. The van der Waals surface area contributed by atoms with Crippen LogP contribution in [0.4, 0.5) is 0 Å². The fraction of sp³-hybridized carbons (Fsp3) is 0.923. The van der Waals surface area contributed by atoms with Crippen LogP contribution in [0.2, 0.25) is 0 Å². The van der Waals surface area contributed by atoms with Crippen LogP contribution in [0.15, 0.2) is 0 Å². The van der Waals surface area contributed by atoms with E-state index in [0.29, 0.717) is 6.04 Å². The number of hydrogen-bond acceptors (Lipinski definition) is 3. The molecule has 0 saturated carbocycles. The first-order chi connectivity index (χ1) is 8.27. The lowest BCUT2D eigenvalue weighted by Gasteiger charge is -2.33. The number of likely N-dealkylation sites (tertiary alicyclic amines) is 1. The molecule has 0 aliphatic carbocycles. The van der Waals surface area contributed by atoms with Gasteiger partial charge in [0, 0.05) is 25.7 Å². The van der Waals surface area contributed by atoms with Crippen molar-refractivity contribution in [1.29, 1.82) is 0 Å². The molecular weight excluding hydrogens is 216 g/mol. The van der Waals surface area contributed by atoms with Crippen molar-refractivity contribution in [2.45, 2.75) is 51.2 Å². The summed E-state index contributed by atoms with van der Waals surface area (Å²) in [5.41, 5.74) is 0. The van der Waals surface area contributed by atoms with Gasteiger partial charge in [0.2, 0.25) is 5.91 Å². The molecule has 2 aliphatic rings. The molecule has 4 heteroatoms. The van der Waals surface area contributed by atoms with Crippen LogP contribution in [-0.4, -0.2) is 49.2 Å². The summed E-state index contributed by atoms with van der Waals surface area (Å²) in [6, 6.07) is 0.670. The highest BCUT2D eigenvalue weighted by Crippen LogP contribution is 2.15. The minimum Gasteiger partial charge on any atom is -0.368 e. The highest BCUT2D eigenvalue weighted by Gasteiger charge is 2.23. The zero-order valence-corrected chi connectivity index (χ0v) is 10.8. The molecule has 0 bridgehead atoms. The first-order valence-electron chi connectivity index (χ1n) is 6.91. The van der Waals surface area contributed by atoms with Gasteiger partial charge in [0.05, 0.1) is 0 Å². The van der Waals surface area contributed by atoms with Crippen molar-refractivity contribution in [3.63, 3.8) is 0 Å². The monoisotopic (exact) mass is 240 g/mol. The lowest BCUT2D eigenvalue weighted by atomic mass is 10.0. The fourth-order valence-corrected chi connectivity index (χ4v) is 2.71. The molecular formula is C13H24N2O2. The molecule has 0 aromatic rings. The Morgan fingerprint density at radius 2 is 2.24 bits per heavy atom. The maximum atomic E-state index is 11.7. The van der Waals surface area contributed by atoms with E-state index in [4.69, 9.17) is 4.74 Å². The van der Waals surface area contributed by atoms with Crippen LogP contribution in [-0.2, 0) is 9.53 Å². The molecule has 0 radical (unpaired) electrons. The summed E-state index contributed by atoms with van der Waals surface area (Å²) in [7, 11) is 0. The standard InChI is InChI=1S/C13H24N2O2/c1-11-5-2-3-8-15(11)9-7-14-13(16)12-6-4-10-17-12/h11-12H,2-10H2,1H3,(H,14,16)/t11-,12-/m1/s1. The third-order valence-corrected chi connectivity index (χ3v) is 3.86. The number of hydrogen-bond donors (Lipinski definition) is 1. The maximum Gasteiger partial charge on any atom is 0.249 e.